The van der Waals surface area contributed by atoms with E-state index in [9.17, 15) is 4.79 Å². The minimum atomic E-state index is -0.173. The Morgan fingerprint density at radius 2 is 1.91 bits per heavy atom. The second-order valence-corrected chi connectivity index (χ2v) is 5.01. The molecular formula is C17H12N4O. The Kier molecular flexibility index (Phi) is 2.83. The summed E-state index contributed by atoms with van der Waals surface area (Å²) in [7, 11) is 0. The Balaban J connectivity index is 1.64. The third-order valence-electron chi connectivity index (χ3n) is 3.53. The van der Waals surface area contributed by atoms with Gasteiger partial charge in [0.15, 0.2) is 0 Å². The third-order valence-corrected chi connectivity index (χ3v) is 3.53. The molecule has 0 atom stereocenters. The first-order chi connectivity index (χ1) is 10.8. The van der Waals surface area contributed by atoms with Crippen molar-refractivity contribution in [3.05, 3.63) is 66.6 Å². The Hall–Kier alpha value is -3.21. The fourth-order valence-corrected chi connectivity index (χ4v) is 2.42. The number of rotatable bonds is 2. The molecule has 2 aromatic heterocycles. The smallest absolute Gasteiger partial charge is 0.255 e. The van der Waals surface area contributed by atoms with Crippen molar-refractivity contribution >= 4 is 33.5 Å². The molecule has 0 aliphatic rings. The van der Waals surface area contributed by atoms with Crippen LogP contribution in [0.1, 0.15) is 10.4 Å². The summed E-state index contributed by atoms with van der Waals surface area (Å²) in [5.41, 5.74) is 3.82. The highest BCUT2D eigenvalue weighted by atomic mass is 16.1. The first-order valence-corrected chi connectivity index (χ1v) is 6.89. The lowest BCUT2D eigenvalue weighted by atomic mass is 10.1. The molecule has 2 aromatic carbocycles. The summed E-state index contributed by atoms with van der Waals surface area (Å²) < 4.78 is 0. The Morgan fingerprint density at radius 1 is 1.00 bits per heavy atom. The lowest BCUT2D eigenvalue weighted by Crippen LogP contribution is -2.11. The van der Waals surface area contributed by atoms with Crippen molar-refractivity contribution in [1.82, 2.24) is 15.0 Å². The number of amides is 1. The molecule has 0 fully saturated rings. The van der Waals surface area contributed by atoms with Crippen LogP contribution in [0.3, 0.4) is 0 Å². The van der Waals surface area contributed by atoms with E-state index in [0.717, 1.165) is 21.9 Å². The van der Waals surface area contributed by atoms with Gasteiger partial charge in [0.25, 0.3) is 5.91 Å². The number of hydrogen-bond acceptors (Lipinski definition) is 3. The predicted molar refractivity (Wildman–Crippen MR) is 85.8 cm³/mol. The topological polar surface area (TPSA) is 70.7 Å². The number of fused-ring (bicyclic) bond motifs is 2. The normalized spacial score (nSPS) is 10.9. The molecule has 4 rings (SSSR count). The summed E-state index contributed by atoms with van der Waals surface area (Å²) >= 11 is 0. The number of nitrogens with zero attached hydrogens (tertiary/aromatic N) is 2. The maximum Gasteiger partial charge on any atom is 0.255 e. The van der Waals surface area contributed by atoms with Crippen LogP contribution in [0.15, 0.2) is 61.1 Å². The maximum absolute atomic E-state index is 12.3. The highest BCUT2D eigenvalue weighted by molar-refractivity contribution is 6.06. The van der Waals surface area contributed by atoms with Gasteiger partial charge in [-0.25, -0.2) is 4.98 Å². The SMILES string of the molecule is O=C(Nc1cnc2ccccc2c1)c1ccc2nc[nH]c2c1. The van der Waals surface area contributed by atoms with Crippen LogP contribution in [-0.2, 0) is 0 Å². The summed E-state index contributed by atoms with van der Waals surface area (Å²) in [4.78, 5) is 23.8. The molecule has 0 spiro atoms. The van der Waals surface area contributed by atoms with Gasteiger partial charge in [0.05, 0.1) is 34.8 Å². The van der Waals surface area contributed by atoms with Crippen LogP contribution in [0, 0.1) is 0 Å². The predicted octanol–water partition coefficient (Wildman–Crippen LogP) is 3.36. The van der Waals surface area contributed by atoms with Gasteiger partial charge in [0.1, 0.15) is 0 Å². The molecule has 106 valence electrons. The average Bonchev–Trinajstić information content (AvgIpc) is 3.02. The molecule has 0 aliphatic heterocycles. The van der Waals surface area contributed by atoms with Gasteiger partial charge in [0, 0.05) is 10.9 Å². The Labute approximate surface area is 126 Å². The van der Waals surface area contributed by atoms with Crippen LogP contribution in [0.2, 0.25) is 0 Å². The van der Waals surface area contributed by atoms with Gasteiger partial charge in [-0.1, -0.05) is 18.2 Å². The standard InChI is InChI=1S/C17H12N4O/c22-17(12-5-6-15-16(8-12)20-10-19-15)21-13-7-11-3-1-2-4-14(11)18-9-13/h1-10H,(H,19,20)(H,21,22). The van der Waals surface area contributed by atoms with Crippen molar-refractivity contribution < 1.29 is 4.79 Å². The average molecular weight is 288 g/mol. The van der Waals surface area contributed by atoms with Crippen molar-refractivity contribution in [2.45, 2.75) is 0 Å². The fraction of sp³-hybridized carbons (Fsp3) is 0. The quantitative estimate of drug-likeness (QED) is 0.594. The number of H-pyrrole nitrogens is 1. The van der Waals surface area contributed by atoms with Gasteiger partial charge < -0.3 is 10.3 Å². The van der Waals surface area contributed by atoms with Gasteiger partial charge in [-0.2, -0.15) is 0 Å². The van der Waals surface area contributed by atoms with E-state index in [2.05, 4.69) is 20.3 Å². The van der Waals surface area contributed by atoms with E-state index < -0.39 is 0 Å². The number of hydrogen-bond donors (Lipinski definition) is 2. The van der Waals surface area contributed by atoms with Crippen molar-refractivity contribution in [2.24, 2.45) is 0 Å². The molecule has 0 aliphatic carbocycles. The van der Waals surface area contributed by atoms with Gasteiger partial charge in [-0.05, 0) is 30.3 Å². The minimum Gasteiger partial charge on any atom is -0.345 e. The highest BCUT2D eigenvalue weighted by Crippen LogP contribution is 2.18. The second kappa shape index (κ2) is 4.96. The van der Waals surface area contributed by atoms with Gasteiger partial charge in [-0.3, -0.25) is 9.78 Å². The van der Waals surface area contributed by atoms with Gasteiger partial charge >= 0.3 is 0 Å². The molecular weight excluding hydrogens is 276 g/mol. The fourth-order valence-electron chi connectivity index (χ4n) is 2.42. The summed E-state index contributed by atoms with van der Waals surface area (Å²) in [6.45, 7) is 0. The van der Waals surface area contributed by atoms with Crippen molar-refractivity contribution in [1.29, 1.82) is 0 Å². The first-order valence-electron chi connectivity index (χ1n) is 6.89. The zero-order valence-corrected chi connectivity index (χ0v) is 11.6. The number of nitrogens with one attached hydrogen (secondary N) is 2. The summed E-state index contributed by atoms with van der Waals surface area (Å²) in [6.07, 6.45) is 3.27. The summed E-state index contributed by atoms with van der Waals surface area (Å²) in [5.74, 6) is -0.173. The maximum atomic E-state index is 12.3. The van der Waals surface area contributed by atoms with Crippen LogP contribution in [-0.4, -0.2) is 20.9 Å². The van der Waals surface area contributed by atoms with E-state index in [1.165, 1.54) is 0 Å². The lowest BCUT2D eigenvalue weighted by molar-refractivity contribution is 0.102. The van der Waals surface area contributed by atoms with Crippen LogP contribution < -0.4 is 5.32 Å². The van der Waals surface area contributed by atoms with E-state index in [4.69, 9.17) is 0 Å². The Bertz CT molecular complexity index is 990. The lowest BCUT2D eigenvalue weighted by Gasteiger charge is -2.06. The monoisotopic (exact) mass is 288 g/mol. The largest absolute Gasteiger partial charge is 0.345 e. The molecule has 2 N–H and O–H groups in total. The van der Waals surface area contributed by atoms with Gasteiger partial charge in [-0.15, -0.1) is 0 Å². The summed E-state index contributed by atoms with van der Waals surface area (Å²) in [6, 6.07) is 15.1. The molecule has 4 aromatic rings. The zero-order valence-electron chi connectivity index (χ0n) is 11.6. The summed E-state index contributed by atoms with van der Waals surface area (Å²) in [5, 5.41) is 3.86. The van der Waals surface area contributed by atoms with Crippen molar-refractivity contribution in [3.8, 4) is 0 Å². The van der Waals surface area contributed by atoms with E-state index in [1.54, 1.807) is 24.7 Å². The van der Waals surface area contributed by atoms with E-state index in [-0.39, 0.29) is 5.91 Å². The molecule has 5 nitrogen and oxygen atoms in total. The molecule has 2 heterocycles. The second-order valence-electron chi connectivity index (χ2n) is 5.01. The highest BCUT2D eigenvalue weighted by Gasteiger charge is 2.08. The van der Waals surface area contributed by atoms with Crippen LogP contribution in [0.25, 0.3) is 21.9 Å². The molecule has 0 unspecified atom stereocenters. The van der Waals surface area contributed by atoms with Crippen molar-refractivity contribution in [2.75, 3.05) is 5.32 Å². The van der Waals surface area contributed by atoms with Crippen LogP contribution in [0.4, 0.5) is 5.69 Å². The van der Waals surface area contributed by atoms with Crippen LogP contribution in [0.5, 0.6) is 0 Å². The number of anilines is 1. The van der Waals surface area contributed by atoms with E-state index in [1.807, 2.05) is 36.4 Å². The van der Waals surface area contributed by atoms with E-state index in [0.29, 0.717) is 11.3 Å². The van der Waals surface area contributed by atoms with Crippen LogP contribution >= 0.6 is 0 Å². The van der Waals surface area contributed by atoms with E-state index >= 15 is 0 Å². The number of aromatic amines is 1. The number of carbonyl (C=O) groups is 1. The number of pyridine rings is 1. The number of para-hydroxylation sites is 1. The number of aromatic nitrogens is 3. The minimum absolute atomic E-state index is 0.173. The third kappa shape index (κ3) is 2.18. The molecule has 0 saturated carbocycles. The molecule has 0 saturated heterocycles. The Morgan fingerprint density at radius 3 is 2.86 bits per heavy atom. The number of benzene rings is 2. The molecule has 1 amide bonds. The van der Waals surface area contributed by atoms with Crippen molar-refractivity contribution in [3.63, 3.8) is 0 Å². The molecule has 22 heavy (non-hydrogen) atoms. The molecule has 0 bridgehead atoms. The van der Waals surface area contributed by atoms with Gasteiger partial charge in [0.2, 0.25) is 0 Å². The zero-order chi connectivity index (χ0) is 14.9. The first kappa shape index (κ1) is 12.5. The number of imidazole rings is 1. The molecule has 5 heteroatoms. The molecule has 0 radical (unpaired) electrons. The number of carbonyl (C=O) groups excluding carboxylic acids is 1.